The maximum atomic E-state index is 11.0. The van der Waals surface area contributed by atoms with Gasteiger partial charge in [-0.25, -0.2) is 4.84 Å². The largest absolute Gasteiger partial charge is 0.480 e. The van der Waals surface area contributed by atoms with Crippen LogP contribution in [0.3, 0.4) is 0 Å². The molecule has 0 unspecified atom stereocenters. The average molecular weight is 195 g/mol. The molecule has 0 aromatic heterocycles. The number of halogens is 1. The number of carboxylic acids is 1. The van der Waals surface area contributed by atoms with Gasteiger partial charge in [-0.15, -0.1) is 0 Å². The number of hydrogen-bond acceptors (Lipinski definition) is 3. The molecule has 6 heteroatoms. The molecule has 0 saturated heterocycles. The van der Waals surface area contributed by atoms with Crippen molar-refractivity contribution in [1.82, 2.24) is 10.2 Å². The van der Waals surface area contributed by atoms with Crippen molar-refractivity contribution in [2.24, 2.45) is 0 Å². The molecule has 0 aromatic rings. The van der Waals surface area contributed by atoms with Crippen LogP contribution in [0.1, 0.15) is 13.8 Å². The number of rotatable bonds is 4. The average Bonchev–Trinajstić information content (AvgIpc) is 2.02. The molecule has 5 nitrogen and oxygen atoms in total. The Kier molecular flexibility index (Phi) is 4.61. The molecule has 70 valence electrons. The molecular weight excluding hydrogens is 184 g/mol. The molecule has 0 heterocycles. The third-order valence-corrected chi connectivity index (χ3v) is 1.61. The first-order valence-electron chi connectivity index (χ1n) is 3.38. The van der Waals surface area contributed by atoms with E-state index in [2.05, 4.69) is 10.2 Å². The predicted molar refractivity (Wildman–Crippen MR) is 43.7 cm³/mol. The van der Waals surface area contributed by atoms with Crippen LogP contribution in [0.5, 0.6) is 0 Å². The van der Waals surface area contributed by atoms with Gasteiger partial charge in [-0.2, -0.15) is 0 Å². The van der Waals surface area contributed by atoms with E-state index < -0.39 is 24.0 Å². The van der Waals surface area contributed by atoms with Crippen LogP contribution >= 0.6 is 11.8 Å². The lowest BCUT2D eigenvalue weighted by atomic mass is 10.3. The Hall–Kier alpha value is -0.810. The van der Waals surface area contributed by atoms with Gasteiger partial charge in [-0.05, 0) is 25.6 Å². The van der Waals surface area contributed by atoms with Crippen molar-refractivity contribution in [1.29, 1.82) is 0 Å². The summed E-state index contributed by atoms with van der Waals surface area (Å²) in [4.78, 5) is 23.4. The summed E-state index contributed by atoms with van der Waals surface area (Å²) in [5, 5.41) is 10.7. The summed E-state index contributed by atoms with van der Waals surface area (Å²) < 4.78 is 0. The lowest BCUT2D eigenvalue weighted by molar-refractivity contribution is -0.141. The number of carbonyl (C=O) groups is 2. The third-order valence-electron chi connectivity index (χ3n) is 1.29. The van der Waals surface area contributed by atoms with E-state index in [0.717, 1.165) is 0 Å². The van der Waals surface area contributed by atoms with E-state index in [0.29, 0.717) is 0 Å². The summed E-state index contributed by atoms with van der Waals surface area (Å²) in [6, 6.07) is -1.50. The molecule has 0 aliphatic rings. The quantitative estimate of drug-likeness (QED) is 0.538. The first-order valence-corrected chi connectivity index (χ1v) is 3.76. The minimum atomic E-state index is -1.08. The van der Waals surface area contributed by atoms with Crippen molar-refractivity contribution in [3.63, 3.8) is 0 Å². The Morgan fingerprint density at radius 1 is 1.33 bits per heavy atom. The Labute approximate surface area is 75.2 Å². The van der Waals surface area contributed by atoms with Gasteiger partial charge < -0.3 is 10.4 Å². The first-order chi connectivity index (χ1) is 5.49. The monoisotopic (exact) mass is 194 g/mol. The molecule has 0 spiro atoms. The number of amides is 1. The second-order valence-corrected chi connectivity index (χ2v) is 2.62. The highest BCUT2D eigenvalue weighted by atomic mass is 35.5. The topological polar surface area (TPSA) is 78.4 Å². The molecule has 0 saturated carbocycles. The third kappa shape index (κ3) is 3.54. The second kappa shape index (κ2) is 4.95. The lowest BCUT2D eigenvalue weighted by Gasteiger charge is -2.12. The van der Waals surface area contributed by atoms with Gasteiger partial charge in [-0.1, -0.05) is 0 Å². The zero-order chi connectivity index (χ0) is 9.72. The van der Waals surface area contributed by atoms with Gasteiger partial charge in [0.1, 0.15) is 6.04 Å². The maximum Gasteiger partial charge on any atom is 0.325 e. The van der Waals surface area contributed by atoms with Crippen LogP contribution < -0.4 is 10.2 Å². The summed E-state index contributed by atoms with van der Waals surface area (Å²) in [6.07, 6.45) is 0. The zero-order valence-corrected chi connectivity index (χ0v) is 7.55. The van der Waals surface area contributed by atoms with Gasteiger partial charge in [0.05, 0.1) is 6.04 Å². The minimum Gasteiger partial charge on any atom is -0.480 e. The van der Waals surface area contributed by atoms with E-state index in [1.165, 1.54) is 13.8 Å². The van der Waals surface area contributed by atoms with E-state index in [9.17, 15) is 9.59 Å². The first kappa shape index (κ1) is 11.2. The number of hydrogen-bond donors (Lipinski definition) is 3. The van der Waals surface area contributed by atoms with Crippen LogP contribution in [0.2, 0.25) is 0 Å². The highest BCUT2D eigenvalue weighted by molar-refractivity contribution is 6.15. The Morgan fingerprint density at radius 2 is 1.83 bits per heavy atom. The van der Waals surface area contributed by atoms with Crippen molar-refractivity contribution >= 4 is 23.7 Å². The van der Waals surface area contributed by atoms with Crippen molar-refractivity contribution in [2.75, 3.05) is 0 Å². The predicted octanol–water partition coefficient (Wildman–Crippen LogP) is -0.292. The van der Waals surface area contributed by atoms with Crippen LogP contribution in [0, 0.1) is 0 Å². The molecule has 0 radical (unpaired) electrons. The molecule has 0 rings (SSSR count). The fraction of sp³-hybridized carbons (Fsp3) is 0.667. The van der Waals surface area contributed by atoms with Crippen LogP contribution in [0.4, 0.5) is 0 Å². The SMILES string of the molecule is C[C@H](NC(=O)[C@H](C)NCl)C(=O)O. The summed E-state index contributed by atoms with van der Waals surface area (Å²) in [5.74, 6) is -1.52. The van der Waals surface area contributed by atoms with Crippen molar-refractivity contribution < 1.29 is 14.7 Å². The van der Waals surface area contributed by atoms with Crippen molar-refractivity contribution in [3.05, 3.63) is 0 Å². The number of aliphatic carboxylic acids is 1. The Morgan fingerprint density at radius 3 is 2.17 bits per heavy atom. The highest BCUT2D eigenvalue weighted by Crippen LogP contribution is 1.87. The summed E-state index contributed by atoms with van der Waals surface area (Å²) in [5.41, 5.74) is 0. The molecule has 3 N–H and O–H groups in total. The molecule has 0 aliphatic carbocycles. The van der Waals surface area contributed by atoms with Gasteiger partial charge in [0.15, 0.2) is 0 Å². The molecule has 1 amide bonds. The fourth-order valence-corrected chi connectivity index (χ4v) is 0.549. The Bertz CT molecular complexity index is 186. The van der Waals surface area contributed by atoms with Crippen molar-refractivity contribution in [2.45, 2.75) is 25.9 Å². The van der Waals surface area contributed by atoms with Crippen LogP contribution in [0.15, 0.2) is 0 Å². The van der Waals surface area contributed by atoms with E-state index >= 15 is 0 Å². The fourth-order valence-electron chi connectivity index (χ4n) is 0.450. The highest BCUT2D eigenvalue weighted by Gasteiger charge is 2.17. The van der Waals surface area contributed by atoms with Gasteiger partial charge >= 0.3 is 5.97 Å². The lowest BCUT2D eigenvalue weighted by Crippen LogP contribution is -2.45. The zero-order valence-electron chi connectivity index (χ0n) is 6.80. The molecular formula is C6H11ClN2O3. The van der Waals surface area contributed by atoms with Crippen LogP contribution in [-0.2, 0) is 9.59 Å². The number of carbonyl (C=O) groups excluding carboxylic acids is 1. The summed E-state index contributed by atoms with van der Waals surface area (Å²) >= 11 is 5.15. The molecule has 2 atom stereocenters. The summed E-state index contributed by atoms with van der Waals surface area (Å²) in [6.45, 7) is 2.90. The number of carboxylic acid groups (broad SMARTS) is 1. The van der Waals surface area contributed by atoms with Crippen LogP contribution in [0.25, 0.3) is 0 Å². The molecule has 0 aromatic carbocycles. The molecule has 0 aliphatic heterocycles. The van der Waals surface area contributed by atoms with E-state index in [1.807, 2.05) is 0 Å². The van der Waals surface area contributed by atoms with Gasteiger partial charge in [0.25, 0.3) is 0 Å². The minimum absolute atomic E-state index is 0.445. The van der Waals surface area contributed by atoms with Gasteiger partial charge in [-0.3, -0.25) is 9.59 Å². The molecule has 12 heavy (non-hydrogen) atoms. The van der Waals surface area contributed by atoms with Gasteiger partial charge in [0.2, 0.25) is 5.91 Å². The van der Waals surface area contributed by atoms with Crippen molar-refractivity contribution in [3.8, 4) is 0 Å². The summed E-state index contributed by atoms with van der Waals surface area (Å²) in [7, 11) is 0. The Balaban J connectivity index is 3.92. The second-order valence-electron chi connectivity index (χ2n) is 2.40. The number of nitrogens with one attached hydrogen (secondary N) is 2. The normalized spacial score (nSPS) is 14.9. The molecule has 0 fully saturated rings. The van der Waals surface area contributed by atoms with E-state index in [-0.39, 0.29) is 0 Å². The van der Waals surface area contributed by atoms with E-state index in [1.54, 1.807) is 0 Å². The van der Waals surface area contributed by atoms with Gasteiger partial charge in [0, 0.05) is 0 Å². The smallest absolute Gasteiger partial charge is 0.325 e. The maximum absolute atomic E-state index is 11.0. The standard InChI is InChI=1S/C6H11ClN2O3/c1-3(9-7)5(10)8-4(2)6(11)12/h3-4,9H,1-2H3,(H,8,10)(H,11,12)/t3-,4-/m0/s1. The van der Waals surface area contributed by atoms with Crippen LogP contribution in [-0.4, -0.2) is 29.1 Å². The van der Waals surface area contributed by atoms with E-state index in [4.69, 9.17) is 16.9 Å². The molecule has 0 bridgehead atoms.